The van der Waals surface area contributed by atoms with E-state index in [1.165, 1.54) is 0 Å². The number of hydrogen-bond acceptors (Lipinski definition) is 3. The van der Waals surface area contributed by atoms with Gasteiger partial charge in [0.15, 0.2) is 0 Å². The summed E-state index contributed by atoms with van der Waals surface area (Å²) >= 11 is 0. The summed E-state index contributed by atoms with van der Waals surface area (Å²) in [4.78, 5) is 23.7. The van der Waals surface area contributed by atoms with Crippen molar-refractivity contribution in [2.45, 2.75) is 39.2 Å². The number of anilines is 1. The molecule has 3 N–H and O–H groups in total. The minimum absolute atomic E-state index is 0. The van der Waals surface area contributed by atoms with Crippen LogP contribution >= 0.6 is 12.4 Å². The molecule has 0 aromatic heterocycles. The molecular formula is C16H26ClN3O2. The molecule has 22 heavy (non-hydrogen) atoms. The van der Waals surface area contributed by atoms with Gasteiger partial charge in [-0.3, -0.25) is 9.59 Å². The minimum Gasteiger partial charge on any atom is -0.347 e. The lowest BCUT2D eigenvalue weighted by Gasteiger charge is -2.24. The molecule has 0 heterocycles. The molecule has 0 fully saturated rings. The quantitative estimate of drug-likeness (QED) is 0.721. The van der Waals surface area contributed by atoms with E-state index in [0.29, 0.717) is 24.2 Å². The Balaban J connectivity index is 0.00000441. The molecule has 0 aliphatic rings. The molecule has 6 heteroatoms. The Labute approximate surface area is 138 Å². The van der Waals surface area contributed by atoms with Crippen LogP contribution in [-0.4, -0.2) is 30.9 Å². The first-order valence-corrected chi connectivity index (χ1v) is 7.25. The van der Waals surface area contributed by atoms with E-state index in [1.54, 1.807) is 31.3 Å². The van der Waals surface area contributed by atoms with E-state index in [-0.39, 0.29) is 29.8 Å². The molecule has 124 valence electrons. The second-order valence-electron chi connectivity index (χ2n) is 5.67. The zero-order chi connectivity index (χ0) is 15.9. The third kappa shape index (κ3) is 6.91. The summed E-state index contributed by atoms with van der Waals surface area (Å²) in [5, 5.41) is 8.69. The zero-order valence-corrected chi connectivity index (χ0v) is 14.5. The number of carbonyl (C=O) groups excluding carboxylic acids is 2. The second kappa shape index (κ2) is 9.43. The molecule has 1 aromatic carbocycles. The lowest BCUT2D eigenvalue weighted by molar-refractivity contribution is -0.116. The van der Waals surface area contributed by atoms with E-state index in [9.17, 15) is 9.59 Å². The van der Waals surface area contributed by atoms with Crippen molar-refractivity contribution < 1.29 is 9.59 Å². The number of amides is 2. The molecule has 0 radical (unpaired) electrons. The van der Waals surface area contributed by atoms with E-state index in [2.05, 4.69) is 16.0 Å². The zero-order valence-electron chi connectivity index (χ0n) is 13.7. The van der Waals surface area contributed by atoms with Crippen molar-refractivity contribution in [3.05, 3.63) is 29.8 Å². The Morgan fingerprint density at radius 2 is 1.73 bits per heavy atom. The highest BCUT2D eigenvalue weighted by Gasteiger charge is 2.18. The highest BCUT2D eigenvalue weighted by molar-refractivity contribution is 5.96. The minimum atomic E-state index is -0.225. The maximum absolute atomic E-state index is 12.1. The van der Waals surface area contributed by atoms with E-state index >= 15 is 0 Å². The average molecular weight is 328 g/mol. The van der Waals surface area contributed by atoms with Gasteiger partial charge in [-0.1, -0.05) is 6.92 Å². The monoisotopic (exact) mass is 327 g/mol. The summed E-state index contributed by atoms with van der Waals surface area (Å²) in [6.07, 6.45) is 1.28. The van der Waals surface area contributed by atoms with Crippen LogP contribution in [0.15, 0.2) is 24.3 Å². The van der Waals surface area contributed by atoms with Gasteiger partial charge in [-0.2, -0.15) is 0 Å². The van der Waals surface area contributed by atoms with Gasteiger partial charge >= 0.3 is 0 Å². The molecule has 0 saturated carbocycles. The van der Waals surface area contributed by atoms with Crippen LogP contribution in [0.4, 0.5) is 5.69 Å². The average Bonchev–Trinajstić information content (AvgIpc) is 2.45. The van der Waals surface area contributed by atoms with Crippen molar-refractivity contribution >= 4 is 29.9 Å². The molecular weight excluding hydrogens is 302 g/mol. The molecule has 0 saturated heterocycles. The number of carbonyl (C=O) groups is 2. The molecule has 1 rings (SSSR count). The number of hydrogen-bond donors (Lipinski definition) is 3. The molecule has 0 aliphatic carbocycles. The van der Waals surface area contributed by atoms with Crippen molar-refractivity contribution in [3.63, 3.8) is 0 Å². The molecule has 5 nitrogen and oxygen atoms in total. The normalized spacial score (nSPS) is 10.5. The van der Waals surface area contributed by atoms with Gasteiger partial charge in [0, 0.05) is 29.8 Å². The molecule has 0 aliphatic heterocycles. The summed E-state index contributed by atoms with van der Waals surface area (Å²) in [6, 6.07) is 6.92. The fourth-order valence-corrected chi connectivity index (χ4v) is 1.63. The van der Waals surface area contributed by atoms with E-state index in [4.69, 9.17) is 0 Å². The lowest BCUT2D eigenvalue weighted by Crippen LogP contribution is -2.42. The number of rotatable bonds is 7. The third-order valence-electron chi connectivity index (χ3n) is 3.37. The van der Waals surface area contributed by atoms with E-state index < -0.39 is 0 Å². The summed E-state index contributed by atoms with van der Waals surface area (Å²) < 4.78 is 0. The number of benzene rings is 1. The lowest BCUT2D eigenvalue weighted by atomic mass is 10.0. The highest BCUT2D eigenvalue weighted by Crippen LogP contribution is 2.12. The third-order valence-corrected chi connectivity index (χ3v) is 3.37. The molecule has 0 atom stereocenters. The number of nitrogens with one attached hydrogen (secondary N) is 3. The molecule has 0 spiro atoms. The van der Waals surface area contributed by atoms with Gasteiger partial charge in [0.1, 0.15) is 0 Å². The first-order valence-electron chi connectivity index (χ1n) is 7.25. The van der Waals surface area contributed by atoms with Crippen molar-refractivity contribution in [3.8, 4) is 0 Å². The Morgan fingerprint density at radius 1 is 1.14 bits per heavy atom. The standard InChI is InChI=1S/C16H25N3O2.ClH/c1-5-16(2,3)19-15(21)12-6-8-13(9-7-12)18-14(20)10-11-17-4;/h6-9,17H,5,10-11H2,1-4H3,(H,18,20)(H,19,21);1H. The van der Waals surface area contributed by atoms with Crippen LogP contribution in [0, 0.1) is 0 Å². The van der Waals surface area contributed by atoms with Crippen LogP contribution in [0.1, 0.15) is 44.0 Å². The molecule has 1 aromatic rings. The fraction of sp³-hybridized carbons (Fsp3) is 0.500. The fourth-order valence-electron chi connectivity index (χ4n) is 1.63. The van der Waals surface area contributed by atoms with Gasteiger partial charge in [-0.05, 0) is 51.6 Å². The Hall–Kier alpha value is -1.59. The largest absolute Gasteiger partial charge is 0.347 e. The smallest absolute Gasteiger partial charge is 0.251 e. The van der Waals surface area contributed by atoms with Gasteiger partial charge in [0.2, 0.25) is 5.91 Å². The van der Waals surface area contributed by atoms with E-state index in [1.807, 2.05) is 20.8 Å². The predicted octanol–water partition coefficient (Wildman–Crippen LogP) is 2.57. The van der Waals surface area contributed by atoms with Crippen molar-refractivity contribution in [2.24, 2.45) is 0 Å². The Morgan fingerprint density at radius 3 is 2.23 bits per heavy atom. The van der Waals surface area contributed by atoms with Crippen LogP contribution in [0.25, 0.3) is 0 Å². The first kappa shape index (κ1) is 20.4. The summed E-state index contributed by atoms with van der Waals surface area (Å²) in [5.74, 6) is -0.149. The van der Waals surface area contributed by atoms with Crippen LogP contribution in [0.2, 0.25) is 0 Å². The van der Waals surface area contributed by atoms with Gasteiger partial charge in [0.05, 0.1) is 0 Å². The van der Waals surface area contributed by atoms with Crippen LogP contribution < -0.4 is 16.0 Å². The molecule has 0 unspecified atom stereocenters. The Kier molecular flexibility index (Phi) is 8.75. The van der Waals surface area contributed by atoms with Gasteiger partial charge < -0.3 is 16.0 Å². The van der Waals surface area contributed by atoms with Crippen molar-refractivity contribution in [1.82, 2.24) is 10.6 Å². The van der Waals surface area contributed by atoms with Gasteiger partial charge in [-0.15, -0.1) is 12.4 Å². The van der Waals surface area contributed by atoms with Gasteiger partial charge in [-0.25, -0.2) is 0 Å². The molecule has 2 amide bonds. The van der Waals surface area contributed by atoms with E-state index in [0.717, 1.165) is 6.42 Å². The maximum atomic E-state index is 12.1. The first-order chi connectivity index (χ1) is 9.88. The summed E-state index contributed by atoms with van der Waals surface area (Å²) in [7, 11) is 1.80. The topological polar surface area (TPSA) is 70.2 Å². The number of halogens is 1. The van der Waals surface area contributed by atoms with Crippen LogP contribution in [-0.2, 0) is 4.79 Å². The maximum Gasteiger partial charge on any atom is 0.251 e. The Bertz CT molecular complexity index is 487. The second-order valence-corrected chi connectivity index (χ2v) is 5.67. The summed E-state index contributed by atoms with van der Waals surface area (Å²) in [5.41, 5.74) is 1.06. The van der Waals surface area contributed by atoms with Crippen LogP contribution in [0.5, 0.6) is 0 Å². The SMILES string of the molecule is CCC(C)(C)NC(=O)c1ccc(NC(=O)CCNC)cc1.Cl. The molecule has 0 bridgehead atoms. The summed E-state index contributed by atoms with van der Waals surface area (Å²) in [6.45, 7) is 6.64. The predicted molar refractivity (Wildman–Crippen MR) is 92.7 cm³/mol. The highest BCUT2D eigenvalue weighted by atomic mass is 35.5. The van der Waals surface area contributed by atoms with Crippen molar-refractivity contribution in [2.75, 3.05) is 18.9 Å². The van der Waals surface area contributed by atoms with Gasteiger partial charge in [0.25, 0.3) is 5.91 Å². The van der Waals surface area contributed by atoms with Crippen LogP contribution in [0.3, 0.4) is 0 Å². The van der Waals surface area contributed by atoms with Crippen molar-refractivity contribution in [1.29, 1.82) is 0 Å².